The summed E-state index contributed by atoms with van der Waals surface area (Å²) in [5.74, 6) is 0.674. The van der Waals surface area contributed by atoms with E-state index in [4.69, 9.17) is 11.6 Å². The molecule has 2 rings (SSSR count). The lowest BCUT2D eigenvalue weighted by Gasteiger charge is -2.48. The summed E-state index contributed by atoms with van der Waals surface area (Å²) in [7, 11) is 0. The molecule has 0 spiro atoms. The Hall–Kier alpha value is -0.690. The summed E-state index contributed by atoms with van der Waals surface area (Å²) in [6.45, 7) is 6.85. The molecule has 2 aliphatic rings. The molecule has 0 aromatic carbocycles. The van der Waals surface area contributed by atoms with Crippen molar-refractivity contribution in [1.29, 1.82) is 0 Å². The Labute approximate surface area is 116 Å². The SMILES string of the molecule is CCCCC1=C[C@@H](C(C)C)N1C1C=C(Cl)C=CC1. The van der Waals surface area contributed by atoms with E-state index in [2.05, 4.69) is 43.9 Å². The second kappa shape index (κ2) is 5.97. The molecule has 1 unspecified atom stereocenters. The average Bonchev–Trinajstić information content (AvgIpc) is 2.27. The van der Waals surface area contributed by atoms with Crippen LogP contribution in [0.2, 0.25) is 0 Å². The summed E-state index contributed by atoms with van der Waals surface area (Å²) < 4.78 is 0. The van der Waals surface area contributed by atoms with Crippen molar-refractivity contribution >= 4 is 11.6 Å². The molecule has 0 aromatic rings. The molecule has 1 heterocycles. The van der Waals surface area contributed by atoms with Crippen LogP contribution in [0.1, 0.15) is 46.5 Å². The first-order valence-electron chi connectivity index (χ1n) is 7.16. The molecule has 0 amide bonds. The normalized spacial score (nSPS) is 27.1. The Morgan fingerprint density at radius 3 is 2.78 bits per heavy atom. The minimum absolute atomic E-state index is 0.465. The van der Waals surface area contributed by atoms with Gasteiger partial charge in [0.25, 0.3) is 0 Å². The van der Waals surface area contributed by atoms with Gasteiger partial charge in [-0.2, -0.15) is 0 Å². The second-order valence-corrected chi connectivity index (χ2v) is 6.10. The zero-order chi connectivity index (χ0) is 13.1. The van der Waals surface area contributed by atoms with Crippen molar-refractivity contribution in [3.63, 3.8) is 0 Å². The molecule has 0 saturated carbocycles. The smallest absolute Gasteiger partial charge is 0.0528 e. The third-order valence-corrected chi connectivity index (χ3v) is 4.10. The Kier molecular flexibility index (Phi) is 4.55. The molecular weight excluding hydrogens is 242 g/mol. The first-order chi connectivity index (χ1) is 8.63. The Bertz CT molecular complexity index is 379. The van der Waals surface area contributed by atoms with E-state index in [1.54, 1.807) is 0 Å². The number of rotatable bonds is 5. The van der Waals surface area contributed by atoms with Crippen LogP contribution in [0, 0.1) is 5.92 Å². The molecule has 1 nitrogen and oxygen atoms in total. The maximum absolute atomic E-state index is 6.14. The zero-order valence-electron chi connectivity index (χ0n) is 11.7. The summed E-state index contributed by atoms with van der Waals surface area (Å²) in [5.41, 5.74) is 1.52. The molecule has 2 atom stereocenters. The van der Waals surface area contributed by atoms with Gasteiger partial charge in [0.15, 0.2) is 0 Å². The third-order valence-electron chi connectivity index (χ3n) is 3.85. The van der Waals surface area contributed by atoms with Gasteiger partial charge in [-0.3, -0.25) is 0 Å². The number of hydrogen-bond donors (Lipinski definition) is 0. The Morgan fingerprint density at radius 1 is 1.39 bits per heavy atom. The molecule has 100 valence electrons. The second-order valence-electron chi connectivity index (χ2n) is 5.66. The van der Waals surface area contributed by atoms with Gasteiger partial charge < -0.3 is 4.90 Å². The van der Waals surface area contributed by atoms with E-state index in [9.17, 15) is 0 Å². The van der Waals surface area contributed by atoms with E-state index >= 15 is 0 Å². The summed E-state index contributed by atoms with van der Waals surface area (Å²) in [6.07, 6.45) is 13.7. The number of hydrogen-bond acceptors (Lipinski definition) is 1. The first kappa shape index (κ1) is 13.7. The van der Waals surface area contributed by atoms with Crippen LogP contribution in [0.5, 0.6) is 0 Å². The number of unbranched alkanes of at least 4 members (excludes halogenated alkanes) is 1. The summed E-state index contributed by atoms with van der Waals surface area (Å²) in [4.78, 5) is 2.59. The molecule has 18 heavy (non-hydrogen) atoms. The highest BCUT2D eigenvalue weighted by Gasteiger charge is 2.34. The Balaban J connectivity index is 2.08. The van der Waals surface area contributed by atoms with Crippen LogP contribution in [-0.4, -0.2) is 17.0 Å². The summed E-state index contributed by atoms with van der Waals surface area (Å²) in [5, 5.41) is 0.885. The van der Waals surface area contributed by atoms with Crippen molar-refractivity contribution < 1.29 is 0 Å². The van der Waals surface area contributed by atoms with Crippen LogP contribution >= 0.6 is 11.6 Å². The fourth-order valence-corrected chi connectivity index (χ4v) is 3.05. The van der Waals surface area contributed by atoms with Gasteiger partial charge in [0.05, 0.1) is 12.1 Å². The maximum atomic E-state index is 6.14. The quantitative estimate of drug-likeness (QED) is 0.687. The van der Waals surface area contributed by atoms with Gasteiger partial charge in [-0.05, 0) is 43.4 Å². The fourth-order valence-electron chi connectivity index (χ4n) is 2.81. The van der Waals surface area contributed by atoms with E-state index in [-0.39, 0.29) is 0 Å². The molecule has 0 aromatic heterocycles. The van der Waals surface area contributed by atoms with Crippen LogP contribution < -0.4 is 0 Å². The minimum Gasteiger partial charge on any atom is -0.361 e. The zero-order valence-corrected chi connectivity index (χ0v) is 12.5. The van der Waals surface area contributed by atoms with E-state index in [0.717, 1.165) is 11.5 Å². The third kappa shape index (κ3) is 2.83. The predicted octanol–water partition coefficient (Wildman–Crippen LogP) is 4.85. The van der Waals surface area contributed by atoms with Crippen molar-refractivity contribution in [2.75, 3.05) is 0 Å². The summed E-state index contributed by atoms with van der Waals surface area (Å²) in [6, 6.07) is 1.06. The van der Waals surface area contributed by atoms with Gasteiger partial charge in [0.1, 0.15) is 0 Å². The maximum Gasteiger partial charge on any atom is 0.0528 e. The van der Waals surface area contributed by atoms with Gasteiger partial charge in [-0.25, -0.2) is 0 Å². The molecule has 2 heteroatoms. The van der Waals surface area contributed by atoms with Crippen LogP contribution in [0.25, 0.3) is 0 Å². The minimum atomic E-state index is 0.465. The first-order valence-corrected chi connectivity index (χ1v) is 7.54. The van der Waals surface area contributed by atoms with E-state index in [0.29, 0.717) is 18.0 Å². The van der Waals surface area contributed by atoms with E-state index in [1.807, 2.05) is 6.08 Å². The van der Waals surface area contributed by atoms with Gasteiger partial charge in [0.2, 0.25) is 0 Å². The van der Waals surface area contributed by atoms with E-state index in [1.165, 1.54) is 25.0 Å². The van der Waals surface area contributed by atoms with Crippen molar-refractivity contribution in [3.8, 4) is 0 Å². The molecule has 0 fully saturated rings. The van der Waals surface area contributed by atoms with Gasteiger partial charge in [0, 0.05) is 10.7 Å². The lowest BCUT2D eigenvalue weighted by atomic mass is 9.88. The Morgan fingerprint density at radius 2 is 2.17 bits per heavy atom. The van der Waals surface area contributed by atoms with Gasteiger partial charge in [-0.1, -0.05) is 44.9 Å². The largest absolute Gasteiger partial charge is 0.361 e. The average molecular weight is 266 g/mol. The fraction of sp³-hybridized carbons (Fsp3) is 0.625. The lowest BCUT2D eigenvalue weighted by molar-refractivity contribution is 0.154. The van der Waals surface area contributed by atoms with Crippen LogP contribution in [0.15, 0.2) is 35.0 Å². The van der Waals surface area contributed by atoms with Crippen LogP contribution in [-0.2, 0) is 0 Å². The van der Waals surface area contributed by atoms with Gasteiger partial charge >= 0.3 is 0 Å². The number of halogens is 1. The summed E-state index contributed by atoms with van der Waals surface area (Å²) >= 11 is 6.14. The molecular formula is C16H24ClN. The lowest BCUT2D eigenvalue weighted by Crippen LogP contribution is -2.50. The van der Waals surface area contributed by atoms with Crippen molar-refractivity contribution in [2.24, 2.45) is 5.92 Å². The predicted molar refractivity (Wildman–Crippen MR) is 79.6 cm³/mol. The standard InChI is InChI=1S/C16H24ClN/c1-4-5-8-15-11-16(12(2)3)18(15)14-9-6-7-13(17)10-14/h6-7,10-12,14,16H,4-5,8-9H2,1-3H3/t14?,16-/m0/s1. The van der Waals surface area contributed by atoms with Crippen molar-refractivity contribution in [3.05, 3.63) is 35.0 Å². The monoisotopic (exact) mass is 265 g/mol. The highest BCUT2D eigenvalue weighted by atomic mass is 35.5. The molecule has 0 saturated heterocycles. The van der Waals surface area contributed by atoms with Crippen LogP contribution in [0.4, 0.5) is 0 Å². The van der Waals surface area contributed by atoms with Gasteiger partial charge in [-0.15, -0.1) is 0 Å². The molecule has 0 radical (unpaired) electrons. The highest BCUT2D eigenvalue weighted by molar-refractivity contribution is 6.31. The highest BCUT2D eigenvalue weighted by Crippen LogP contribution is 2.36. The van der Waals surface area contributed by atoms with Crippen molar-refractivity contribution in [2.45, 2.75) is 58.5 Å². The van der Waals surface area contributed by atoms with Crippen LogP contribution in [0.3, 0.4) is 0 Å². The number of allylic oxidation sites excluding steroid dienone is 3. The molecule has 1 aliphatic heterocycles. The molecule has 0 N–H and O–H groups in total. The van der Waals surface area contributed by atoms with Crippen molar-refractivity contribution in [1.82, 2.24) is 4.90 Å². The molecule has 1 aliphatic carbocycles. The van der Waals surface area contributed by atoms with E-state index < -0.39 is 0 Å². The number of nitrogens with zero attached hydrogens (tertiary/aromatic N) is 1. The topological polar surface area (TPSA) is 3.24 Å². The molecule has 0 bridgehead atoms.